The molecule has 2 N–H and O–H groups in total. The van der Waals surface area contributed by atoms with Gasteiger partial charge in [-0.15, -0.1) is 0 Å². The topological polar surface area (TPSA) is 26.0 Å². The lowest BCUT2D eigenvalue weighted by Crippen LogP contribution is -2.01. The Labute approximate surface area is 110 Å². The summed E-state index contributed by atoms with van der Waals surface area (Å²) in [5, 5.41) is 2.62. The third-order valence-electron chi connectivity index (χ3n) is 3.74. The molecule has 0 amide bonds. The fourth-order valence-electron chi connectivity index (χ4n) is 2.71. The number of hydrogen-bond donors (Lipinski definition) is 1. The van der Waals surface area contributed by atoms with E-state index in [1.807, 2.05) is 6.07 Å². The van der Waals surface area contributed by atoms with Gasteiger partial charge in [0.2, 0.25) is 0 Å². The first-order valence-electron chi connectivity index (χ1n) is 7.01. The summed E-state index contributed by atoms with van der Waals surface area (Å²) >= 11 is 0. The number of anilines is 1. The zero-order chi connectivity index (χ0) is 13.0. The lowest BCUT2D eigenvalue weighted by Gasteiger charge is -2.17. The quantitative estimate of drug-likeness (QED) is 0.571. The standard InChI is InChI=1S/C17H23N/c1-3-4-5-8-13(2)17-15-10-7-6-9-14(15)11-12-16(17)18/h6-7,9-13H,3-5,8,18H2,1-2H3. The second kappa shape index (κ2) is 5.90. The Balaban J connectivity index is 2.33. The van der Waals surface area contributed by atoms with Crippen LogP contribution in [-0.4, -0.2) is 0 Å². The molecule has 96 valence electrons. The van der Waals surface area contributed by atoms with E-state index in [1.165, 1.54) is 42.0 Å². The highest BCUT2D eigenvalue weighted by molar-refractivity contribution is 5.90. The minimum absolute atomic E-state index is 0.544. The molecular formula is C17H23N. The van der Waals surface area contributed by atoms with Gasteiger partial charge >= 0.3 is 0 Å². The Bertz CT molecular complexity index is 516. The summed E-state index contributed by atoms with van der Waals surface area (Å²) in [6, 6.07) is 12.7. The maximum absolute atomic E-state index is 6.19. The molecule has 2 aromatic rings. The van der Waals surface area contributed by atoms with E-state index >= 15 is 0 Å². The van der Waals surface area contributed by atoms with Crippen LogP contribution < -0.4 is 5.73 Å². The fraction of sp³-hybridized carbons (Fsp3) is 0.412. The van der Waals surface area contributed by atoms with Crippen molar-refractivity contribution in [2.75, 3.05) is 5.73 Å². The number of fused-ring (bicyclic) bond motifs is 1. The first-order valence-corrected chi connectivity index (χ1v) is 7.01. The van der Waals surface area contributed by atoms with Crippen molar-refractivity contribution in [3.8, 4) is 0 Å². The highest BCUT2D eigenvalue weighted by atomic mass is 14.6. The van der Waals surface area contributed by atoms with E-state index in [4.69, 9.17) is 5.73 Å². The van der Waals surface area contributed by atoms with Crippen LogP contribution in [0.5, 0.6) is 0 Å². The van der Waals surface area contributed by atoms with Crippen LogP contribution in [-0.2, 0) is 0 Å². The predicted molar refractivity (Wildman–Crippen MR) is 80.9 cm³/mol. The third-order valence-corrected chi connectivity index (χ3v) is 3.74. The van der Waals surface area contributed by atoms with Gasteiger partial charge in [-0.25, -0.2) is 0 Å². The highest BCUT2D eigenvalue weighted by Gasteiger charge is 2.12. The normalized spacial score (nSPS) is 12.8. The van der Waals surface area contributed by atoms with E-state index < -0.39 is 0 Å². The van der Waals surface area contributed by atoms with Crippen LogP contribution in [0.2, 0.25) is 0 Å². The second-order valence-corrected chi connectivity index (χ2v) is 5.19. The number of nitrogen functional groups attached to an aromatic ring is 1. The molecule has 2 rings (SSSR count). The van der Waals surface area contributed by atoms with Gasteiger partial charge in [0.25, 0.3) is 0 Å². The molecule has 0 fully saturated rings. The molecule has 1 heteroatoms. The van der Waals surface area contributed by atoms with Gasteiger partial charge in [-0.05, 0) is 34.7 Å². The molecule has 0 radical (unpaired) electrons. The third kappa shape index (κ3) is 2.66. The SMILES string of the molecule is CCCCCC(C)c1c(N)ccc2ccccc12. The van der Waals surface area contributed by atoms with Crippen LogP contribution >= 0.6 is 0 Å². The molecule has 0 aliphatic rings. The molecular weight excluding hydrogens is 218 g/mol. The van der Waals surface area contributed by atoms with Gasteiger partial charge in [0.15, 0.2) is 0 Å². The molecule has 0 heterocycles. The number of benzene rings is 2. The summed E-state index contributed by atoms with van der Waals surface area (Å²) in [6.45, 7) is 4.55. The lowest BCUT2D eigenvalue weighted by atomic mass is 9.89. The molecule has 0 aliphatic heterocycles. The molecule has 18 heavy (non-hydrogen) atoms. The lowest BCUT2D eigenvalue weighted by molar-refractivity contribution is 0.601. The molecule has 2 aromatic carbocycles. The number of unbranched alkanes of at least 4 members (excludes halogenated alkanes) is 2. The zero-order valence-electron chi connectivity index (χ0n) is 11.4. The predicted octanol–water partition coefficient (Wildman–Crippen LogP) is 5.11. The van der Waals surface area contributed by atoms with Gasteiger partial charge in [-0.2, -0.15) is 0 Å². The van der Waals surface area contributed by atoms with Crippen molar-refractivity contribution in [1.29, 1.82) is 0 Å². The summed E-state index contributed by atoms with van der Waals surface area (Å²) in [4.78, 5) is 0. The minimum atomic E-state index is 0.544. The Kier molecular flexibility index (Phi) is 4.24. The van der Waals surface area contributed by atoms with E-state index in [0.717, 1.165) is 5.69 Å². The van der Waals surface area contributed by atoms with Crippen molar-refractivity contribution in [3.63, 3.8) is 0 Å². The van der Waals surface area contributed by atoms with Gasteiger partial charge < -0.3 is 5.73 Å². The Morgan fingerprint density at radius 2 is 1.83 bits per heavy atom. The summed E-state index contributed by atoms with van der Waals surface area (Å²) in [5.74, 6) is 0.544. The van der Waals surface area contributed by atoms with Crippen LogP contribution in [0.1, 0.15) is 51.0 Å². The number of nitrogens with two attached hydrogens (primary N) is 1. The van der Waals surface area contributed by atoms with Gasteiger partial charge in [-0.1, -0.05) is 63.4 Å². The molecule has 1 unspecified atom stereocenters. The van der Waals surface area contributed by atoms with Crippen LogP contribution in [0.15, 0.2) is 36.4 Å². The van der Waals surface area contributed by atoms with Gasteiger partial charge in [0.05, 0.1) is 0 Å². The molecule has 0 aromatic heterocycles. The maximum Gasteiger partial charge on any atom is 0.0355 e. The summed E-state index contributed by atoms with van der Waals surface area (Å²) in [5.41, 5.74) is 8.47. The van der Waals surface area contributed by atoms with Gasteiger partial charge in [0, 0.05) is 5.69 Å². The average molecular weight is 241 g/mol. The van der Waals surface area contributed by atoms with Crippen LogP contribution in [0, 0.1) is 0 Å². The smallest absolute Gasteiger partial charge is 0.0355 e. The van der Waals surface area contributed by atoms with Crippen molar-refractivity contribution in [2.24, 2.45) is 0 Å². The zero-order valence-corrected chi connectivity index (χ0v) is 11.4. The highest BCUT2D eigenvalue weighted by Crippen LogP contribution is 2.33. The minimum Gasteiger partial charge on any atom is -0.398 e. The van der Waals surface area contributed by atoms with Crippen LogP contribution in [0.25, 0.3) is 10.8 Å². The van der Waals surface area contributed by atoms with Crippen LogP contribution in [0.4, 0.5) is 5.69 Å². The van der Waals surface area contributed by atoms with Crippen LogP contribution in [0.3, 0.4) is 0 Å². The second-order valence-electron chi connectivity index (χ2n) is 5.19. The first kappa shape index (κ1) is 12.9. The van der Waals surface area contributed by atoms with Crippen molar-refractivity contribution in [3.05, 3.63) is 42.0 Å². The molecule has 0 spiro atoms. The first-order chi connectivity index (χ1) is 8.74. The molecule has 1 atom stereocenters. The average Bonchev–Trinajstić information content (AvgIpc) is 2.38. The Morgan fingerprint density at radius 1 is 1.06 bits per heavy atom. The molecule has 0 bridgehead atoms. The molecule has 0 aliphatic carbocycles. The molecule has 0 saturated heterocycles. The largest absolute Gasteiger partial charge is 0.398 e. The van der Waals surface area contributed by atoms with E-state index in [9.17, 15) is 0 Å². The fourth-order valence-corrected chi connectivity index (χ4v) is 2.71. The van der Waals surface area contributed by atoms with Crippen molar-refractivity contribution in [1.82, 2.24) is 0 Å². The van der Waals surface area contributed by atoms with E-state index in [2.05, 4.69) is 44.2 Å². The van der Waals surface area contributed by atoms with Gasteiger partial charge in [0.1, 0.15) is 0 Å². The Hall–Kier alpha value is -1.50. The van der Waals surface area contributed by atoms with Crippen molar-refractivity contribution < 1.29 is 0 Å². The summed E-state index contributed by atoms with van der Waals surface area (Å²) in [7, 11) is 0. The monoisotopic (exact) mass is 241 g/mol. The van der Waals surface area contributed by atoms with E-state index in [1.54, 1.807) is 0 Å². The molecule has 0 saturated carbocycles. The summed E-state index contributed by atoms with van der Waals surface area (Å²) in [6.07, 6.45) is 5.11. The van der Waals surface area contributed by atoms with Crippen molar-refractivity contribution in [2.45, 2.75) is 45.4 Å². The van der Waals surface area contributed by atoms with E-state index in [0.29, 0.717) is 5.92 Å². The summed E-state index contributed by atoms with van der Waals surface area (Å²) < 4.78 is 0. The number of rotatable bonds is 5. The number of hydrogen-bond acceptors (Lipinski definition) is 1. The molecule has 1 nitrogen and oxygen atoms in total. The van der Waals surface area contributed by atoms with Gasteiger partial charge in [-0.3, -0.25) is 0 Å². The maximum atomic E-state index is 6.19. The van der Waals surface area contributed by atoms with Crippen molar-refractivity contribution >= 4 is 16.5 Å². The Morgan fingerprint density at radius 3 is 2.61 bits per heavy atom. The van der Waals surface area contributed by atoms with E-state index in [-0.39, 0.29) is 0 Å².